The van der Waals surface area contributed by atoms with Crippen LogP contribution in [0.25, 0.3) is 22.2 Å². The molecule has 0 saturated carbocycles. The average Bonchev–Trinajstić information content (AvgIpc) is 2.96. The van der Waals surface area contributed by atoms with Gasteiger partial charge < -0.3 is 15.8 Å². The van der Waals surface area contributed by atoms with Crippen LogP contribution in [-0.2, 0) is 6.42 Å². The second-order valence-electron chi connectivity index (χ2n) is 6.19. The minimum Gasteiger partial charge on any atom is -0.478 e. The highest BCUT2D eigenvalue weighted by Crippen LogP contribution is 2.37. The van der Waals surface area contributed by atoms with E-state index >= 15 is 0 Å². The number of aromatic nitrogens is 1. The summed E-state index contributed by atoms with van der Waals surface area (Å²) < 4.78 is 0.983. The van der Waals surface area contributed by atoms with Crippen LogP contribution in [0, 0.1) is 6.92 Å². The quantitative estimate of drug-likeness (QED) is 0.515. The number of benzene rings is 2. The van der Waals surface area contributed by atoms with E-state index in [4.69, 9.17) is 5.73 Å². The zero-order valence-electron chi connectivity index (χ0n) is 14.1. The lowest BCUT2D eigenvalue weighted by atomic mass is 9.96. The maximum absolute atomic E-state index is 11.8. The predicted molar refractivity (Wildman–Crippen MR) is 105 cm³/mol. The fourth-order valence-corrected chi connectivity index (χ4v) is 3.76. The summed E-state index contributed by atoms with van der Waals surface area (Å²) in [6.45, 7) is 2.63. The predicted octanol–water partition coefficient (Wildman–Crippen LogP) is 4.89. The molecule has 4 N–H and O–H groups in total. The molecule has 0 aliphatic heterocycles. The monoisotopic (exact) mass is 400 g/mol. The van der Waals surface area contributed by atoms with Crippen molar-refractivity contribution >= 4 is 32.8 Å². The van der Waals surface area contributed by atoms with E-state index in [-0.39, 0.29) is 0 Å². The number of carbonyl (C=O) groups is 1. The molecule has 0 spiro atoms. The van der Waals surface area contributed by atoms with Crippen molar-refractivity contribution in [3.8, 4) is 11.3 Å². The molecule has 0 amide bonds. The van der Waals surface area contributed by atoms with E-state index in [1.165, 1.54) is 0 Å². The standard InChI is InChI=1S/C20H21BrN2O2/c1-12-9-10-15(20(24)25)17-14(7-4-5-11-22)19(23-18(12)17)13-6-2-3-8-16(13)21/h2-3,6,8-10,23H,4-5,7,11,22H2,1H3,(H,24,25). The number of fused-ring (bicyclic) bond motifs is 1. The summed E-state index contributed by atoms with van der Waals surface area (Å²) in [6.07, 6.45) is 2.63. The van der Waals surface area contributed by atoms with Crippen molar-refractivity contribution in [3.63, 3.8) is 0 Å². The number of hydrogen-bond acceptors (Lipinski definition) is 2. The number of H-pyrrole nitrogens is 1. The van der Waals surface area contributed by atoms with Gasteiger partial charge in [-0.2, -0.15) is 0 Å². The first-order valence-corrected chi connectivity index (χ1v) is 9.16. The molecule has 3 aromatic rings. The van der Waals surface area contributed by atoms with E-state index in [1.54, 1.807) is 6.07 Å². The van der Waals surface area contributed by atoms with Crippen molar-refractivity contribution in [2.24, 2.45) is 5.73 Å². The van der Waals surface area contributed by atoms with Gasteiger partial charge in [0.2, 0.25) is 0 Å². The molecular weight excluding hydrogens is 380 g/mol. The summed E-state index contributed by atoms with van der Waals surface area (Å²) in [5.41, 5.74) is 11.0. The van der Waals surface area contributed by atoms with E-state index in [2.05, 4.69) is 20.9 Å². The van der Waals surface area contributed by atoms with Gasteiger partial charge in [-0.05, 0) is 56.0 Å². The molecule has 0 aliphatic rings. The second-order valence-corrected chi connectivity index (χ2v) is 7.04. The first-order valence-electron chi connectivity index (χ1n) is 8.37. The summed E-state index contributed by atoms with van der Waals surface area (Å²) in [5.74, 6) is -0.900. The normalized spacial score (nSPS) is 11.2. The van der Waals surface area contributed by atoms with Crippen molar-refractivity contribution in [1.82, 2.24) is 4.98 Å². The number of nitrogens with one attached hydrogen (secondary N) is 1. The van der Waals surface area contributed by atoms with Gasteiger partial charge in [-0.15, -0.1) is 0 Å². The van der Waals surface area contributed by atoms with Gasteiger partial charge in [-0.25, -0.2) is 4.79 Å². The van der Waals surface area contributed by atoms with Crippen LogP contribution < -0.4 is 5.73 Å². The lowest BCUT2D eigenvalue weighted by molar-refractivity contribution is 0.0699. The van der Waals surface area contributed by atoms with Gasteiger partial charge in [-0.3, -0.25) is 0 Å². The second kappa shape index (κ2) is 7.42. The number of unbranched alkanes of at least 4 members (excludes halogenated alkanes) is 1. The molecule has 0 atom stereocenters. The number of rotatable bonds is 6. The Bertz CT molecular complexity index is 931. The number of hydrogen-bond donors (Lipinski definition) is 3. The molecule has 5 heteroatoms. The van der Waals surface area contributed by atoms with Crippen LogP contribution in [0.4, 0.5) is 0 Å². The Balaban J connectivity index is 2.30. The van der Waals surface area contributed by atoms with Crippen molar-refractivity contribution in [3.05, 3.63) is 57.6 Å². The lowest BCUT2D eigenvalue weighted by Crippen LogP contribution is -2.01. The van der Waals surface area contributed by atoms with E-state index in [0.29, 0.717) is 12.1 Å². The molecule has 2 aromatic carbocycles. The Morgan fingerprint density at radius 1 is 1.20 bits per heavy atom. The smallest absolute Gasteiger partial charge is 0.336 e. The third-order valence-corrected chi connectivity index (χ3v) is 5.21. The molecule has 0 bridgehead atoms. The SMILES string of the molecule is Cc1ccc(C(=O)O)c2c(CCCCN)c(-c3ccccc3Br)[nH]c12. The van der Waals surface area contributed by atoms with Crippen LogP contribution in [0.15, 0.2) is 40.9 Å². The molecule has 0 aliphatic carbocycles. The van der Waals surface area contributed by atoms with Gasteiger partial charge in [-0.1, -0.05) is 40.2 Å². The minimum absolute atomic E-state index is 0.345. The number of aryl methyl sites for hydroxylation is 2. The third-order valence-electron chi connectivity index (χ3n) is 4.52. The maximum Gasteiger partial charge on any atom is 0.336 e. The van der Waals surface area contributed by atoms with Crippen LogP contribution in [0.5, 0.6) is 0 Å². The van der Waals surface area contributed by atoms with Crippen LogP contribution >= 0.6 is 15.9 Å². The Morgan fingerprint density at radius 2 is 1.96 bits per heavy atom. The molecule has 1 heterocycles. The van der Waals surface area contributed by atoms with Crippen molar-refractivity contribution < 1.29 is 9.90 Å². The molecule has 0 unspecified atom stereocenters. The van der Waals surface area contributed by atoms with Crippen molar-refractivity contribution in [1.29, 1.82) is 0 Å². The highest BCUT2D eigenvalue weighted by Gasteiger charge is 2.21. The van der Waals surface area contributed by atoms with Crippen LogP contribution in [0.2, 0.25) is 0 Å². The molecule has 1 aromatic heterocycles. The zero-order chi connectivity index (χ0) is 18.0. The minimum atomic E-state index is -0.900. The molecule has 3 rings (SSSR count). The summed E-state index contributed by atoms with van der Waals surface area (Å²) in [7, 11) is 0. The van der Waals surface area contributed by atoms with Gasteiger partial charge in [0.15, 0.2) is 0 Å². The van der Waals surface area contributed by atoms with Crippen LogP contribution in [0.1, 0.15) is 34.3 Å². The molecule has 0 fully saturated rings. The summed E-state index contributed by atoms with van der Waals surface area (Å²) in [5, 5.41) is 10.5. The fraction of sp³-hybridized carbons (Fsp3) is 0.250. The van der Waals surface area contributed by atoms with Gasteiger partial charge in [0, 0.05) is 20.9 Å². The third kappa shape index (κ3) is 3.34. The van der Waals surface area contributed by atoms with Gasteiger partial charge >= 0.3 is 5.97 Å². The Labute approximate surface area is 155 Å². The first kappa shape index (κ1) is 17.7. The average molecular weight is 401 g/mol. The van der Waals surface area contributed by atoms with Gasteiger partial charge in [0.05, 0.1) is 11.3 Å². The molecule has 0 radical (unpaired) electrons. The summed E-state index contributed by atoms with van der Waals surface area (Å²) >= 11 is 3.62. The van der Waals surface area contributed by atoms with E-state index in [1.807, 2.05) is 37.3 Å². The Morgan fingerprint density at radius 3 is 2.64 bits per heavy atom. The number of aromatic carboxylic acids is 1. The van der Waals surface area contributed by atoms with Crippen LogP contribution in [0.3, 0.4) is 0 Å². The van der Waals surface area contributed by atoms with Crippen LogP contribution in [-0.4, -0.2) is 22.6 Å². The lowest BCUT2D eigenvalue weighted by Gasteiger charge is -2.08. The summed E-state index contributed by atoms with van der Waals surface area (Å²) in [4.78, 5) is 15.3. The molecule has 0 saturated heterocycles. The maximum atomic E-state index is 11.8. The largest absolute Gasteiger partial charge is 0.478 e. The fourth-order valence-electron chi connectivity index (χ4n) is 3.27. The highest BCUT2D eigenvalue weighted by atomic mass is 79.9. The van der Waals surface area contributed by atoms with E-state index in [0.717, 1.165) is 57.0 Å². The molecular formula is C20H21BrN2O2. The zero-order valence-corrected chi connectivity index (χ0v) is 15.7. The first-order chi connectivity index (χ1) is 12.0. The number of halogens is 1. The topological polar surface area (TPSA) is 79.1 Å². The number of carboxylic acid groups (broad SMARTS) is 1. The number of aromatic amines is 1. The van der Waals surface area contributed by atoms with E-state index in [9.17, 15) is 9.90 Å². The molecule has 130 valence electrons. The van der Waals surface area contributed by atoms with Gasteiger partial charge in [0.25, 0.3) is 0 Å². The number of carboxylic acids is 1. The number of nitrogens with two attached hydrogens (primary N) is 1. The Hall–Kier alpha value is -2.11. The molecule has 25 heavy (non-hydrogen) atoms. The van der Waals surface area contributed by atoms with Crippen molar-refractivity contribution in [2.45, 2.75) is 26.2 Å². The summed E-state index contributed by atoms with van der Waals surface area (Å²) in [6, 6.07) is 11.5. The highest BCUT2D eigenvalue weighted by molar-refractivity contribution is 9.10. The molecule has 4 nitrogen and oxygen atoms in total. The van der Waals surface area contributed by atoms with Gasteiger partial charge in [0.1, 0.15) is 0 Å². The van der Waals surface area contributed by atoms with Crippen molar-refractivity contribution in [2.75, 3.05) is 6.54 Å². The van der Waals surface area contributed by atoms with E-state index < -0.39 is 5.97 Å². The Kier molecular flexibility index (Phi) is 5.25.